The van der Waals surface area contributed by atoms with Gasteiger partial charge >= 0.3 is 0 Å². The first-order chi connectivity index (χ1) is 12.0. The van der Waals surface area contributed by atoms with Gasteiger partial charge < -0.3 is 20.2 Å². The maximum absolute atomic E-state index is 12.4. The van der Waals surface area contributed by atoms with Crippen LogP contribution in [-0.2, 0) is 4.79 Å². The van der Waals surface area contributed by atoms with Crippen LogP contribution in [0.1, 0.15) is 25.7 Å². The van der Waals surface area contributed by atoms with Gasteiger partial charge in [-0.05, 0) is 49.8 Å². The highest BCUT2D eigenvalue weighted by molar-refractivity contribution is 7.98. The third-order valence-electron chi connectivity index (χ3n) is 4.50. The second kappa shape index (κ2) is 9.87. The second-order valence-corrected chi connectivity index (χ2v) is 7.68. The average Bonchev–Trinajstić information content (AvgIpc) is 2.85. The number of hydrogen-bond acceptors (Lipinski definition) is 6. The minimum Gasteiger partial charge on any atom is -0.383 e. The smallest absolute Gasteiger partial charge is 0.251 e. The van der Waals surface area contributed by atoms with Crippen molar-refractivity contribution in [2.45, 2.75) is 37.8 Å². The lowest BCUT2D eigenvalue weighted by atomic mass is 10.1. The number of anilines is 2. The molecule has 1 amide bonds. The molecule has 0 radical (unpaired) electrons. The second-order valence-electron chi connectivity index (χ2n) is 6.69. The predicted molar refractivity (Wildman–Crippen MR) is 105 cm³/mol. The fourth-order valence-electron chi connectivity index (χ4n) is 3.00. The predicted octanol–water partition coefficient (Wildman–Crippen LogP) is 2.05. The summed E-state index contributed by atoms with van der Waals surface area (Å²) in [5, 5.41) is 13.6. The molecule has 0 aromatic carbocycles. The van der Waals surface area contributed by atoms with E-state index in [0.29, 0.717) is 19.0 Å². The van der Waals surface area contributed by atoms with Crippen molar-refractivity contribution in [2.75, 3.05) is 49.4 Å². The molecular formula is C18H30N4O2S. The first-order valence-electron chi connectivity index (χ1n) is 8.87. The van der Waals surface area contributed by atoms with Crippen molar-refractivity contribution >= 4 is 29.2 Å². The zero-order valence-corrected chi connectivity index (χ0v) is 16.3. The molecular weight excluding hydrogens is 336 g/mol. The largest absolute Gasteiger partial charge is 0.383 e. The Balaban J connectivity index is 1.85. The Kier molecular flexibility index (Phi) is 7.84. The summed E-state index contributed by atoms with van der Waals surface area (Å²) in [6.07, 6.45) is 6.36. The Bertz CT molecular complexity index is 538. The van der Waals surface area contributed by atoms with E-state index in [9.17, 15) is 9.90 Å². The molecule has 0 bridgehead atoms. The molecule has 0 aliphatic carbocycles. The van der Waals surface area contributed by atoms with Crippen molar-refractivity contribution in [2.24, 2.45) is 0 Å². The molecule has 0 spiro atoms. The van der Waals surface area contributed by atoms with Crippen LogP contribution in [0.15, 0.2) is 18.3 Å². The van der Waals surface area contributed by atoms with Gasteiger partial charge in [0, 0.05) is 33.2 Å². The van der Waals surface area contributed by atoms with E-state index in [1.54, 1.807) is 11.8 Å². The van der Waals surface area contributed by atoms with E-state index in [1.807, 2.05) is 48.5 Å². The zero-order chi connectivity index (χ0) is 18.2. The van der Waals surface area contributed by atoms with Gasteiger partial charge in [-0.25, -0.2) is 4.98 Å². The van der Waals surface area contributed by atoms with Gasteiger partial charge in [0.15, 0.2) is 0 Å². The van der Waals surface area contributed by atoms with Crippen LogP contribution in [0, 0.1) is 0 Å². The van der Waals surface area contributed by atoms with Gasteiger partial charge in [0.05, 0.1) is 11.9 Å². The highest BCUT2D eigenvalue weighted by Gasteiger charge is 2.25. The molecule has 2 N–H and O–H groups in total. The summed E-state index contributed by atoms with van der Waals surface area (Å²) in [6, 6.07) is 4.37. The van der Waals surface area contributed by atoms with Crippen LogP contribution >= 0.6 is 11.8 Å². The minimum absolute atomic E-state index is 0.119. The van der Waals surface area contributed by atoms with Gasteiger partial charge in [-0.1, -0.05) is 0 Å². The molecule has 0 saturated carbocycles. The molecule has 1 aromatic heterocycles. The van der Waals surface area contributed by atoms with Crippen LogP contribution in [0.4, 0.5) is 11.5 Å². The van der Waals surface area contributed by atoms with E-state index in [-0.39, 0.29) is 5.91 Å². The van der Waals surface area contributed by atoms with Crippen LogP contribution in [-0.4, -0.2) is 72.2 Å². The number of nitrogens with one attached hydrogen (secondary N) is 1. The number of likely N-dealkylation sites (tertiary alicyclic amines) is 1. The van der Waals surface area contributed by atoms with Crippen LogP contribution < -0.4 is 10.2 Å². The van der Waals surface area contributed by atoms with E-state index >= 15 is 0 Å². The van der Waals surface area contributed by atoms with Crippen molar-refractivity contribution in [1.29, 1.82) is 0 Å². The Hall–Kier alpha value is -1.47. The Morgan fingerprint density at radius 1 is 1.44 bits per heavy atom. The average molecular weight is 367 g/mol. The van der Waals surface area contributed by atoms with Gasteiger partial charge in [-0.15, -0.1) is 0 Å². The number of rotatable bonds is 7. The highest BCUT2D eigenvalue weighted by atomic mass is 32.2. The molecule has 7 heteroatoms. The van der Waals surface area contributed by atoms with Crippen molar-refractivity contribution in [3.8, 4) is 0 Å². The van der Waals surface area contributed by atoms with Crippen molar-refractivity contribution in [3.05, 3.63) is 18.3 Å². The van der Waals surface area contributed by atoms with Gasteiger partial charge in [0.25, 0.3) is 5.91 Å². The monoisotopic (exact) mass is 366 g/mol. The maximum Gasteiger partial charge on any atom is 0.251 e. The van der Waals surface area contributed by atoms with E-state index < -0.39 is 6.10 Å². The summed E-state index contributed by atoms with van der Waals surface area (Å²) >= 11 is 1.65. The van der Waals surface area contributed by atoms with Crippen molar-refractivity contribution < 1.29 is 9.90 Å². The Labute approximate surface area is 155 Å². The third kappa shape index (κ3) is 6.08. The van der Waals surface area contributed by atoms with E-state index in [2.05, 4.69) is 10.3 Å². The van der Waals surface area contributed by atoms with E-state index in [1.165, 1.54) is 0 Å². The summed E-state index contributed by atoms with van der Waals surface area (Å²) in [5.41, 5.74) is 1.01. The van der Waals surface area contributed by atoms with Crippen LogP contribution in [0.2, 0.25) is 0 Å². The van der Waals surface area contributed by atoms with E-state index in [0.717, 1.165) is 43.1 Å². The van der Waals surface area contributed by atoms with Crippen molar-refractivity contribution in [1.82, 2.24) is 9.88 Å². The number of aromatic nitrogens is 1. The first-order valence-corrected chi connectivity index (χ1v) is 10.3. The van der Waals surface area contributed by atoms with Crippen LogP contribution in [0.25, 0.3) is 0 Å². The fourth-order valence-corrected chi connectivity index (χ4v) is 3.46. The number of thioether (sulfide) groups is 1. The minimum atomic E-state index is -0.861. The number of carbonyl (C=O) groups excluding carboxylic acids is 1. The molecule has 2 atom stereocenters. The Morgan fingerprint density at radius 3 is 2.88 bits per heavy atom. The summed E-state index contributed by atoms with van der Waals surface area (Å²) in [6.45, 7) is 1.42. The van der Waals surface area contributed by atoms with Crippen molar-refractivity contribution in [3.63, 3.8) is 0 Å². The number of carbonyl (C=O) groups is 1. The number of hydrogen-bond donors (Lipinski definition) is 2. The van der Waals surface area contributed by atoms with Gasteiger partial charge in [0.1, 0.15) is 11.9 Å². The molecule has 140 valence electrons. The van der Waals surface area contributed by atoms with Gasteiger partial charge in [-0.3, -0.25) is 4.79 Å². The third-order valence-corrected chi connectivity index (χ3v) is 5.14. The Morgan fingerprint density at radius 2 is 2.24 bits per heavy atom. The topological polar surface area (TPSA) is 68.7 Å². The molecule has 1 aromatic rings. The molecule has 25 heavy (non-hydrogen) atoms. The lowest BCUT2D eigenvalue weighted by molar-refractivity contribution is -0.140. The number of pyridine rings is 1. The lowest BCUT2D eigenvalue weighted by Crippen LogP contribution is -2.40. The van der Waals surface area contributed by atoms with Gasteiger partial charge in [-0.2, -0.15) is 11.8 Å². The number of aliphatic hydroxyl groups is 1. The molecule has 1 saturated heterocycles. The summed E-state index contributed by atoms with van der Waals surface area (Å²) in [5.74, 6) is 1.62. The SMILES string of the molecule is CSCC[C@@H](O)C(=O)N1CCC[C@H](Nc2ccc(N(C)C)nc2)CC1. The quantitative estimate of drug-likeness (QED) is 0.770. The number of amides is 1. The normalized spacial score (nSPS) is 19.2. The molecule has 6 nitrogen and oxygen atoms in total. The molecule has 1 aliphatic rings. The standard InChI is InChI=1S/C18H30N4O2S/c1-21(2)17-7-6-15(13-19-17)20-14-5-4-10-22(11-8-14)18(24)16(23)9-12-25-3/h6-7,13-14,16,20,23H,4-5,8-12H2,1-3H3/t14-,16+/m0/s1. The molecule has 0 unspecified atom stereocenters. The van der Waals surface area contributed by atoms with Gasteiger partial charge in [0.2, 0.25) is 0 Å². The molecule has 1 fully saturated rings. The number of aliphatic hydroxyl groups excluding tert-OH is 1. The maximum atomic E-state index is 12.4. The summed E-state index contributed by atoms with van der Waals surface area (Å²) in [4.78, 5) is 20.6. The van der Waals surface area contributed by atoms with Crippen LogP contribution in [0.5, 0.6) is 0 Å². The number of nitrogens with zero attached hydrogens (tertiary/aromatic N) is 3. The highest BCUT2D eigenvalue weighted by Crippen LogP contribution is 2.19. The summed E-state index contributed by atoms with van der Waals surface area (Å²) < 4.78 is 0. The first kappa shape index (κ1) is 19.8. The molecule has 2 heterocycles. The van der Waals surface area contributed by atoms with E-state index in [4.69, 9.17) is 0 Å². The summed E-state index contributed by atoms with van der Waals surface area (Å²) in [7, 11) is 3.94. The molecule has 2 rings (SSSR count). The van der Waals surface area contributed by atoms with Crippen LogP contribution in [0.3, 0.4) is 0 Å². The fraction of sp³-hybridized carbons (Fsp3) is 0.667. The lowest BCUT2D eigenvalue weighted by Gasteiger charge is -2.23. The molecule has 1 aliphatic heterocycles. The zero-order valence-electron chi connectivity index (χ0n) is 15.4.